The maximum absolute atomic E-state index is 13.6. The van der Waals surface area contributed by atoms with Gasteiger partial charge in [0.25, 0.3) is 5.91 Å². The fourth-order valence-corrected chi connectivity index (χ4v) is 5.71. The average molecular weight is 483 g/mol. The third kappa shape index (κ3) is 4.99. The Balaban J connectivity index is 1.70. The molecule has 0 saturated heterocycles. The quantitative estimate of drug-likeness (QED) is 0.365. The van der Waals surface area contributed by atoms with E-state index in [1.807, 2.05) is 30.7 Å². The number of rotatable bonds is 8. The molecule has 4 aromatic rings. The van der Waals surface area contributed by atoms with Crippen molar-refractivity contribution in [3.63, 3.8) is 0 Å². The highest BCUT2D eigenvalue weighted by molar-refractivity contribution is 7.91. The molecular weight excluding hydrogens is 456 g/mol. The van der Waals surface area contributed by atoms with Gasteiger partial charge in [0.1, 0.15) is 0 Å². The lowest BCUT2D eigenvalue weighted by Crippen LogP contribution is -2.32. The van der Waals surface area contributed by atoms with Crippen LogP contribution in [0.5, 0.6) is 0 Å². The van der Waals surface area contributed by atoms with Crippen LogP contribution in [0.25, 0.3) is 10.2 Å². The van der Waals surface area contributed by atoms with E-state index >= 15 is 0 Å². The van der Waals surface area contributed by atoms with Crippen LogP contribution in [0.1, 0.15) is 34.8 Å². The van der Waals surface area contributed by atoms with Gasteiger partial charge in [-0.2, -0.15) is 0 Å². The molecule has 0 unspecified atom stereocenters. The van der Waals surface area contributed by atoms with E-state index in [1.165, 1.54) is 23.5 Å². The summed E-state index contributed by atoms with van der Waals surface area (Å²) in [7, 11) is -3.42. The van der Waals surface area contributed by atoms with Crippen molar-refractivity contribution in [3.05, 3.63) is 71.8 Å². The van der Waals surface area contributed by atoms with Gasteiger partial charge in [-0.1, -0.05) is 30.4 Å². The number of fused-ring (bicyclic) bond motifs is 1. The van der Waals surface area contributed by atoms with Crippen molar-refractivity contribution in [2.45, 2.75) is 38.6 Å². The monoisotopic (exact) mass is 482 g/mol. The normalized spacial score (nSPS) is 11.7. The van der Waals surface area contributed by atoms with E-state index in [9.17, 15) is 13.2 Å². The van der Waals surface area contributed by atoms with Crippen LogP contribution < -0.4 is 4.90 Å². The molecule has 1 amide bonds. The smallest absolute Gasteiger partial charge is 0.260 e. The number of hydrogen-bond acceptors (Lipinski definition) is 6. The zero-order chi connectivity index (χ0) is 23.6. The van der Waals surface area contributed by atoms with E-state index in [4.69, 9.17) is 4.98 Å². The third-order valence-electron chi connectivity index (χ3n) is 5.46. The first-order valence-corrected chi connectivity index (χ1v) is 13.2. The van der Waals surface area contributed by atoms with Gasteiger partial charge in [-0.05, 0) is 55.7 Å². The zero-order valence-corrected chi connectivity index (χ0v) is 20.5. The Labute approximate surface area is 197 Å². The highest BCUT2D eigenvalue weighted by atomic mass is 32.2. The van der Waals surface area contributed by atoms with Gasteiger partial charge in [0.05, 0.1) is 27.2 Å². The lowest BCUT2D eigenvalue weighted by Gasteiger charge is -2.20. The molecule has 0 bridgehead atoms. The molecule has 4 rings (SSSR count). The Hall–Kier alpha value is -3.04. The highest BCUT2D eigenvalue weighted by Crippen LogP contribution is 2.33. The summed E-state index contributed by atoms with van der Waals surface area (Å²) >= 11 is 1.48. The average Bonchev–Trinajstić information content (AvgIpc) is 3.46. The van der Waals surface area contributed by atoms with Crippen molar-refractivity contribution in [2.24, 2.45) is 0 Å². The van der Waals surface area contributed by atoms with E-state index in [0.717, 1.165) is 21.3 Å². The molecule has 0 atom stereocenters. The van der Waals surface area contributed by atoms with Crippen molar-refractivity contribution < 1.29 is 13.2 Å². The summed E-state index contributed by atoms with van der Waals surface area (Å²) in [6.45, 7) is 6.81. The number of benzene rings is 2. The van der Waals surface area contributed by atoms with Crippen LogP contribution in [0.15, 0.2) is 60.0 Å². The summed E-state index contributed by atoms with van der Waals surface area (Å²) in [4.78, 5) is 24.3. The predicted octanol–water partition coefficient (Wildman–Crippen LogP) is 4.64. The molecule has 2 aromatic carbocycles. The molecule has 0 radical (unpaired) electrons. The van der Waals surface area contributed by atoms with Crippen LogP contribution in [-0.2, 0) is 16.4 Å². The van der Waals surface area contributed by atoms with E-state index in [2.05, 4.69) is 11.1 Å². The van der Waals surface area contributed by atoms with E-state index in [-0.39, 0.29) is 16.6 Å². The van der Waals surface area contributed by atoms with Crippen LogP contribution in [0.2, 0.25) is 0 Å². The van der Waals surface area contributed by atoms with Crippen LogP contribution >= 0.6 is 11.3 Å². The number of aryl methyl sites for hydroxylation is 3. The first kappa shape index (κ1) is 23.1. The number of anilines is 1. The van der Waals surface area contributed by atoms with Crippen molar-refractivity contribution in [2.75, 3.05) is 17.2 Å². The molecule has 0 spiro atoms. The lowest BCUT2D eigenvalue weighted by molar-refractivity contribution is 0.0986. The van der Waals surface area contributed by atoms with Gasteiger partial charge < -0.3 is 4.57 Å². The van der Waals surface area contributed by atoms with Gasteiger partial charge in [0.15, 0.2) is 15.0 Å². The zero-order valence-electron chi connectivity index (χ0n) is 18.9. The number of sulfone groups is 1. The molecule has 0 aliphatic carbocycles. The van der Waals surface area contributed by atoms with Crippen LogP contribution in [-0.4, -0.2) is 41.2 Å². The number of aromatic nitrogens is 3. The molecule has 33 heavy (non-hydrogen) atoms. The summed E-state index contributed by atoms with van der Waals surface area (Å²) in [6, 6.07) is 10.4. The van der Waals surface area contributed by atoms with Gasteiger partial charge in [0.2, 0.25) is 0 Å². The van der Waals surface area contributed by atoms with E-state index in [0.29, 0.717) is 30.2 Å². The molecule has 0 aliphatic heterocycles. The minimum absolute atomic E-state index is 0.0181. The van der Waals surface area contributed by atoms with Crippen LogP contribution in [0, 0.1) is 13.8 Å². The van der Waals surface area contributed by atoms with Crippen LogP contribution in [0.4, 0.5) is 5.13 Å². The molecule has 0 N–H and O–H groups in total. The SMILES string of the molecule is CCS(=O)(=O)c1cccc(C(=O)N(CCCn2ccnc2)c2nc3cc(C)cc(C)c3s2)c1. The summed E-state index contributed by atoms with van der Waals surface area (Å²) < 4.78 is 27.7. The number of nitrogens with zero attached hydrogens (tertiary/aromatic N) is 4. The van der Waals surface area contributed by atoms with E-state index in [1.54, 1.807) is 36.5 Å². The molecular formula is C24H26N4O3S2. The highest BCUT2D eigenvalue weighted by Gasteiger charge is 2.23. The molecule has 2 heterocycles. The maximum Gasteiger partial charge on any atom is 0.260 e. The Morgan fingerprint density at radius 3 is 2.73 bits per heavy atom. The van der Waals surface area contributed by atoms with Gasteiger partial charge in [0, 0.05) is 31.0 Å². The fourth-order valence-electron chi connectivity index (χ4n) is 3.74. The second kappa shape index (κ2) is 9.44. The molecule has 172 valence electrons. The number of hydrogen-bond donors (Lipinski definition) is 0. The second-order valence-electron chi connectivity index (χ2n) is 7.97. The molecule has 0 saturated carbocycles. The van der Waals surface area contributed by atoms with Crippen LogP contribution in [0.3, 0.4) is 0 Å². The number of imidazole rings is 1. The van der Waals surface area contributed by atoms with Crippen molar-refractivity contribution in [1.82, 2.24) is 14.5 Å². The van der Waals surface area contributed by atoms with Crippen molar-refractivity contribution in [3.8, 4) is 0 Å². The van der Waals surface area contributed by atoms with Crippen molar-refractivity contribution in [1.29, 1.82) is 0 Å². The molecule has 0 fully saturated rings. The standard InChI is InChI=1S/C24H26N4O3S2/c1-4-33(30,31)20-8-5-7-19(15-20)23(29)28(11-6-10-27-12-9-25-16-27)24-26-21-14-17(2)13-18(3)22(21)32-24/h5,7-9,12-16H,4,6,10-11H2,1-3H3. The number of thiazole rings is 1. The second-order valence-corrected chi connectivity index (χ2v) is 11.2. The van der Waals surface area contributed by atoms with Gasteiger partial charge in [-0.3, -0.25) is 9.69 Å². The number of carbonyl (C=O) groups excluding carboxylic acids is 1. The number of amides is 1. The predicted molar refractivity (Wildman–Crippen MR) is 132 cm³/mol. The molecule has 9 heteroatoms. The van der Waals surface area contributed by atoms with Gasteiger partial charge in [-0.15, -0.1) is 0 Å². The molecule has 0 aliphatic rings. The first-order valence-electron chi connectivity index (χ1n) is 10.8. The topological polar surface area (TPSA) is 85.2 Å². The Bertz CT molecular complexity index is 1390. The largest absolute Gasteiger partial charge is 0.337 e. The van der Waals surface area contributed by atoms with Crippen molar-refractivity contribution >= 4 is 42.4 Å². The fraction of sp³-hybridized carbons (Fsp3) is 0.292. The molecule has 7 nitrogen and oxygen atoms in total. The maximum atomic E-state index is 13.6. The van der Waals surface area contributed by atoms with Gasteiger partial charge >= 0.3 is 0 Å². The Kier molecular flexibility index (Phi) is 6.62. The molecule has 2 aromatic heterocycles. The Morgan fingerprint density at radius 2 is 2.00 bits per heavy atom. The minimum Gasteiger partial charge on any atom is -0.337 e. The summed E-state index contributed by atoms with van der Waals surface area (Å²) in [6.07, 6.45) is 6.05. The minimum atomic E-state index is -3.42. The summed E-state index contributed by atoms with van der Waals surface area (Å²) in [5.74, 6) is -0.280. The first-order chi connectivity index (χ1) is 15.8. The summed E-state index contributed by atoms with van der Waals surface area (Å²) in [5, 5.41) is 0.609. The third-order valence-corrected chi connectivity index (χ3v) is 8.42. The van der Waals surface area contributed by atoms with Gasteiger partial charge in [-0.25, -0.2) is 18.4 Å². The van der Waals surface area contributed by atoms with E-state index < -0.39 is 9.84 Å². The lowest BCUT2D eigenvalue weighted by atomic mass is 10.1. The Morgan fingerprint density at radius 1 is 1.18 bits per heavy atom. The number of carbonyl (C=O) groups is 1. The summed E-state index contributed by atoms with van der Waals surface area (Å²) in [5.41, 5.74) is 3.43.